The second kappa shape index (κ2) is 7.97. The van der Waals surface area contributed by atoms with Crippen molar-refractivity contribution in [1.82, 2.24) is 4.98 Å². The van der Waals surface area contributed by atoms with E-state index in [1.807, 2.05) is 0 Å². The Hall–Kier alpha value is -2.15. The van der Waals surface area contributed by atoms with E-state index in [0.717, 1.165) is 11.5 Å². The number of alkyl halides is 15. The number of hydrogen-bond acceptors (Lipinski definition) is 3. The van der Waals surface area contributed by atoms with Gasteiger partial charge in [-0.2, -0.15) is 65.9 Å². The largest absolute Gasteiger partial charge is 0.460 e. The number of halogens is 16. The van der Waals surface area contributed by atoms with Crippen molar-refractivity contribution in [2.45, 2.75) is 41.7 Å². The van der Waals surface area contributed by atoms with Crippen molar-refractivity contribution in [2.75, 3.05) is 11.1 Å². The van der Waals surface area contributed by atoms with Crippen LogP contribution in [0.1, 0.15) is 0 Å². The third-order valence-corrected chi connectivity index (χ3v) is 4.18. The first-order valence-corrected chi connectivity index (χ1v) is 8.16. The van der Waals surface area contributed by atoms with Gasteiger partial charge in [0.2, 0.25) is 0 Å². The molecule has 0 bridgehead atoms. The molecule has 0 aliphatic carbocycles. The van der Waals surface area contributed by atoms with Gasteiger partial charge in [0.15, 0.2) is 0 Å². The molecule has 0 fully saturated rings. The van der Waals surface area contributed by atoms with E-state index in [9.17, 15) is 70.7 Å². The molecular weight excluding hydrogens is 579 g/mol. The highest BCUT2D eigenvalue weighted by Gasteiger charge is 2.94. The maximum absolute atomic E-state index is 13.8. The molecule has 20 heteroatoms. The van der Waals surface area contributed by atoms with E-state index >= 15 is 0 Å². The van der Waals surface area contributed by atoms with Crippen LogP contribution in [0.15, 0.2) is 16.7 Å². The van der Waals surface area contributed by atoms with Crippen molar-refractivity contribution < 1.29 is 70.7 Å². The van der Waals surface area contributed by atoms with Crippen molar-refractivity contribution in [2.24, 2.45) is 0 Å². The van der Waals surface area contributed by atoms with E-state index in [0.29, 0.717) is 6.07 Å². The zero-order valence-corrected chi connectivity index (χ0v) is 16.2. The molecule has 0 aromatic carbocycles. The molecule has 0 unspecified atom stereocenters. The van der Waals surface area contributed by atoms with Crippen molar-refractivity contribution in [1.29, 1.82) is 0 Å². The highest BCUT2D eigenvalue weighted by atomic mass is 79.9. The van der Waals surface area contributed by atoms with Crippen LogP contribution in [-0.2, 0) is 4.79 Å². The third-order valence-electron chi connectivity index (χ3n) is 3.75. The topological polar surface area (TPSA) is 68.0 Å². The Morgan fingerprint density at radius 3 is 1.58 bits per heavy atom. The number of rotatable bonds is 7. The van der Waals surface area contributed by atoms with Gasteiger partial charge in [0.1, 0.15) is 5.82 Å². The van der Waals surface area contributed by atoms with Crippen molar-refractivity contribution >= 4 is 33.3 Å². The molecule has 1 rings (SSSR count). The molecule has 0 saturated heterocycles. The Morgan fingerprint density at radius 2 is 1.15 bits per heavy atom. The number of anilines is 2. The van der Waals surface area contributed by atoms with Crippen LogP contribution in [-0.4, -0.2) is 52.6 Å². The predicted molar refractivity (Wildman–Crippen MR) is 80.7 cm³/mol. The Morgan fingerprint density at radius 1 is 0.758 bits per heavy atom. The smallest absolute Gasteiger partial charge is 0.382 e. The summed E-state index contributed by atoms with van der Waals surface area (Å²) in [6.07, 6.45) is -6.88. The number of amides is 1. The van der Waals surface area contributed by atoms with Gasteiger partial charge in [-0.15, -0.1) is 0 Å². The molecule has 1 amide bonds. The van der Waals surface area contributed by atoms with E-state index in [1.165, 1.54) is 0 Å². The molecule has 0 aliphatic rings. The summed E-state index contributed by atoms with van der Waals surface area (Å²) >= 11 is 2.62. The van der Waals surface area contributed by atoms with Gasteiger partial charge in [-0.1, -0.05) is 0 Å². The van der Waals surface area contributed by atoms with Crippen molar-refractivity contribution in [3.63, 3.8) is 0 Å². The Labute approximate surface area is 179 Å². The fourth-order valence-corrected chi connectivity index (χ4v) is 2.19. The lowest BCUT2D eigenvalue weighted by molar-refractivity contribution is -0.449. The zero-order chi connectivity index (χ0) is 26.6. The molecule has 33 heavy (non-hydrogen) atoms. The first-order valence-electron chi connectivity index (χ1n) is 7.36. The lowest BCUT2D eigenvalue weighted by atomic mass is 9.91. The molecular formula is C13H5BrF15N3O. The molecule has 1 aromatic heterocycles. The number of nitrogen functional groups attached to an aromatic ring is 1. The minimum Gasteiger partial charge on any atom is -0.382 e. The molecule has 1 aromatic rings. The summed E-state index contributed by atoms with van der Waals surface area (Å²) in [5, 5.41) is 0.734. The molecule has 1 heterocycles. The average molecular weight is 584 g/mol. The zero-order valence-electron chi connectivity index (χ0n) is 14.6. The van der Waals surface area contributed by atoms with Crippen LogP contribution in [0.25, 0.3) is 0 Å². The fraction of sp³-hybridized carbons (Fsp3) is 0.538. The fourth-order valence-electron chi connectivity index (χ4n) is 1.86. The van der Waals surface area contributed by atoms with E-state index in [1.54, 1.807) is 0 Å². The van der Waals surface area contributed by atoms with Crippen molar-refractivity contribution in [3.05, 3.63) is 16.7 Å². The van der Waals surface area contributed by atoms with Gasteiger partial charge in [-0.05, 0) is 22.0 Å². The molecule has 3 N–H and O–H groups in total. The molecule has 0 spiro atoms. The average Bonchev–Trinajstić information content (AvgIpc) is 2.62. The summed E-state index contributed by atoms with van der Waals surface area (Å²) in [5.74, 6) is -53.0. The number of nitrogens with zero attached hydrogens (tertiary/aromatic N) is 1. The summed E-state index contributed by atoms with van der Waals surface area (Å²) in [6.45, 7) is 0. The van der Waals surface area contributed by atoms with E-state index in [4.69, 9.17) is 5.73 Å². The molecule has 0 atom stereocenters. The van der Waals surface area contributed by atoms with Gasteiger partial charge in [0.25, 0.3) is 0 Å². The first-order chi connectivity index (χ1) is 14.3. The minimum atomic E-state index is -8.48. The maximum atomic E-state index is 13.8. The monoisotopic (exact) mass is 583 g/mol. The summed E-state index contributed by atoms with van der Waals surface area (Å²) in [5.41, 5.74) is 3.92. The summed E-state index contributed by atoms with van der Waals surface area (Å²) < 4.78 is 196. The van der Waals surface area contributed by atoms with E-state index < -0.39 is 59.1 Å². The molecule has 0 aliphatic heterocycles. The second-order valence-corrected chi connectivity index (χ2v) is 6.90. The van der Waals surface area contributed by atoms with Crippen LogP contribution in [0.2, 0.25) is 0 Å². The number of nitrogens with one attached hydrogen (secondary N) is 1. The van der Waals surface area contributed by atoms with Crippen LogP contribution in [0.4, 0.5) is 77.4 Å². The highest BCUT2D eigenvalue weighted by molar-refractivity contribution is 9.10. The van der Waals surface area contributed by atoms with Crippen LogP contribution in [0, 0.1) is 0 Å². The van der Waals surface area contributed by atoms with Gasteiger partial charge in [-0.25, -0.2) is 4.98 Å². The standard InChI is InChI=1S/C13H5BrF15N3O/c14-3-1-4(5(30)31-2-3)32-6(33)7(15,16)8(17,18)9(19,20)10(21,22)11(23,24)12(25,26)13(27,28)29/h1-2H,(H2,30,31)(H,32,33). The third kappa shape index (κ3) is 4.13. The normalized spacial score (nSPS) is 14.9. The SMILES string of the molecule is Nc1ncc(Br)cc1NC(=O)C(F)(F)C(F)(F)C(F)(F)C(F)(F)C(F)(F)C(F)(F)C(F)(F)F. The van der Waals surface area contributed by atoms with E-state index in [2.05, 4.69) is 20.9 Å². The molecule has 0 radical (unpaired) electrons. The number of pyridine rings is 1. The Kier molecular flexibility index (Phi) is 6.97. The first kappa shape index (κ1) is 28.9. The number of hydrogen-bond donors (Lipinski definition) is 2. The van der Waals surface area contributed by atoms with Gasteiger partial charge in [-0.3, -0.25) is 4.79 Å². The van der Waals surface area contributed by atoms with Gasteiger partial charge in [0.05, 0.1) is 5.69 Å². The summed E-state index contributed by atoms with van der Waals surface area (Å²) in [7, 11) is 0. The molecule has 4 nitrogen and oxygen atoms in total. The molecule has 0 saturated carbocycles. The Balaban J connectivity index is 3.53. The predicted octanol–water partition coefficient (Wildman–Crippen LogP) is 5.74. The lowest BCUT2D eigenvalue weighted by Gasteiger charge is -2.41. The van der Waals surface area contributed by atoms with Gasteiger partial charge >= 0.3 is 47.6 Å². The Bertz CT molecular complexity index is 915. The quantitative estimate of drug-likeness (QED) is 0.402. The van der Waals surface area contributed by atoms with Gasteiger partial charge < -0.3 is 11.1 Å². The summed E-state index contributed by atoms with van der Waals surface area (Å²) in [4.78, 5) is 14.6. The van der Waals surface area contributed by atoms with Crippen LogP contribution >= 0.6 is 15.9 Å². The lowest BCUT2D eigenvalue weighted by Crippen LogP contribution is -2.73. The highest BCUT2D eigenvalue weighted by Crippen LogP contribution is 2.62. The van der Waals surface area contributed by atoms with E-state index in [-0.39, 0.29) is 4.47 Å². The van der Waals surface area contributed by atoms with Crippen LogP contribution in [0.5, 0.6) is 0 Å². The van der Waals surface area contributed by atoms with Crippen molar-refractivity contribution in [3.8, 4) is 0 Å². The minimum absolute atomic E-state index is 0.215. The second-order valence-electron chi connectivity index (χ2n) is 5.98. The van der Waals surface area contributed by atoms with Crippen LogP contribution < -0.4 is 11.1 Å². The number of nitrogens with two attached hydrogens (primary N) is 1. The van der Waals surface area contributed by atoms with Crippen LogP contribution in [0.3, 0.4) is 0 Å². The number of carbonyl (C=O) groups excluding carboxylic acids is 1. The molecule has 190 valence electrons. The number of carbonyl (C=O) groups is 1. The van der Waals surface area contributed by atoms with Gasteiger partial charge in [0, 0.05) is 10.7 Å². The maximum Gasteiger partial charge on any atom is 0.460 e. The summed E-state index contributed by atoms with van der Waals surface area (Å²) in [6, 6.07) is 0.541. The number of aromatic nitrogens is 1.